The van der Waals surface area contributed by atoms with Crippen LogP contribution in [0.15, 0.2) is 35.3 Å². The molecule has 4 aliphatic rings. The lowest BCUT2D eigenvalue weighted by atomic mass is 9.80. The van der Waals surface area contributed by atoms with Gasteiger partial charge in [0, 0.05) is 14.4 Å². The van der Waals surface area contributed by atoms with Crippen LogP contribution < -0.4 is 0 Å². The van der Waals surface area contributed by atoms with Crippen LogP contribution in [-0.4, -0.2) is 22.5 Å². The number of fused-ring (bicyclic) bond motifs is 3. The Kier molecular flexibility index (Phi) is 4.14. The molecule has 164 valence electrons. The molecular formula is C26H41P3Si. The van der Waals surface area contributed by atoms with Gasteiger partial charge in [-0.3, -0.25) is 0 Å². The Morgan fingerprint density at radius 1 is 0.667 bits per heavy atom. The highest BCUT2D eigenvalue weighted by Crippen LogP contribution is 3.38. The number of benzene rings is 1. The summed E-state index contributed by atoms with van der Waals surface area (Å²) in [6.45, 7) is 31.5. The minimum Gasteiger partial charge on any atom is -0.0656 e. The van der Waals surface area contributed by atoms with Crippen molar-refractivity contribution in [2.75, 3.05) is 0 Å². The van der Waals surface area contributed by atoms with Gasteiger partial charge in [0.15, 0.2) is 0 Å². The summed E-state index contributed by atoms with van der Waals surface area (Å²) in [6.07, 6.45) is 0. The first-order valence-corrected chi connectivity index (χ1v) is 19.2. The molecule has 0 aromatic heterocycles. The van der Waals surface area contributed by atoms with Gasteiger partial charge < -0.3 is 0 Å². The molecule has 0 radical (unpaired) electrons. The predicted molar refractivity (Wildman–Crippen MR) is 144 cm³/mol. The molecule has 1 aromatic carbocycles. The zero-order valence-corrected chi connectivity index (χ0v) is 24.9. The van der Waals surface area contributed by atoms with E-state index in [0.717, 1.165) is 0 Å². The largest absolute Gasteiger partial charge is 0.0791 e. The molecule has 3 fully saturated rings. The maximum Gasteiger partial charge on any atom is 0.0791 e. The van der Waals surface area contributed by atoms with Crippen LogP contribution in [0, 0.1) is 16.2 Å². The van der Waals surface area contributed by atoms with E-state index in [-0.39, 0.29) is 23.8 Å². The van der Waals surface area contributed by atoms with Gasteiger partial charge in [0.05, 0.1) is 8.07 Å². The molecule has 0 nitrogen and oxygen atoms in total. The molecular weight excluding hydrogens is 433 g/mol. The maximum atomic E-state index is 2.66. The Balaban J connectivity index is 1.89. The fourth-order valence-electron chi connectivity index (χ4n) is 7.76. The third-order valence-electron chi connectivity index (χ3n) is 8.19. The molecule has 0 N–H and O–H groups in total. The van der Waals surface area contributed by atoms with Gasteiger partial charge in [-0.25, -0.2) is 0 Å². The molecule has 0 amide bonds. The summed E-state index contributed by atoms with van der Waals surface area (Å²) < 4.78 is 0.661. The molecule has 6 atom stereocenters. The van der Waals surface area contributed by atoms with Gasteiger partial charge in [0.25, 0.3) is 0 Å². The van der Waals surface area contributed by atoms with Crippen LogP contribution in [0.3, 0.4) is 0 Å². The summed E-state index contributed by atoms with van der Waals surface area (Å²) >= 11 is 0. The smallest absolute Gasteiger partial charge is 0.0656 e. The van der Waals surface area contributed by atoms with E-state index in [0.29, 0.717) is 30.7 Å². The van der Waals surface area contributed by atoms with Crippen LogP contribution >= 0.6 is 23.8 Å². The van der Waals surface area contributed by atoms with E-state index in [9.17, 15) is 0 Å². The van der Waals surface area contributed by atoms with Gasteiger partial charge >= 0.3 is 0 Å². The predicted octanol–water partition coefficient (Wildman–Crippen LogP) is 9.92. The SMILES string of the molecule is CC(C)(C)C12P3C(c4ccccc4)=C([Si](C)(C)C)P1C1(C(C)(C)C)P2C31C(C)(C)C. The van der Waals surface area contributed by atoms with Crippen LogP contribution in [0.2, 0.25) is 19.6 Å². The summed E-state index contributed by atoms with van der Waals surface area (Å²) in [5, 5.41) is 1.91. The van der Waals surface area contributed by atoms with E-state index in [1.165, 1.54) is 0 Å². The van der Waals surface area contributed by atoms with Crippen LogP contribution in [0.4, 0.5) is 0 Å². The van der Waals surface area contributed by atoms with Crippen molar-refractivity contribution in [1.29, 1.82) is 0 Å². The molecule has 0 saturated carbocycles. The third-order valence-corrected chi connectivity index (χ3v) is 31.3. The zero-order valence-electron chi connectivity index (χ0n) is 21.2. The lowest BCUT2D eigenvalue weighted by Gasteiger charge is -2.66. The molecule has 0 bridgehead atoms. The molecule has 0 spiro atoms. The van der Waals surface area contributed by atoms with Crippen LogP contribution in [0.25, 0.3) is 5.31 Å². The normalized spacial score (nSPS) is 41.9. The highest BCUT2D eigenvalue weighted by Gasteiger charge is 3.12. The van der Waals surface area contributed by atoms with Crippen molar-refractivity contribution in [2.45, 2.75) is 96.4 Å². The Hall–Kier alpha value is 0.467. The van der Waals surface area contributed by atoms with Gasteiger partial charge in [0.1, 0.15) is 0 Å². The number of rotatable bonds is 2. The molecule has 30 heavy (non-hydrogen) atoms. The van der Waals surface area contributed by atoms with Crippen molar-refractivity contribution in [2.24, 2.45) is 16.2 Å². The lowest BCUT2D eigenvalue weighted by molar-refractivity contribution is 0.294. The van der Waals surface area contributed by atoms with Crippen molar-refractivity contribution < 1.29 is 0 Å². The zero-order chi connectivity index (χ0) is 22.5. The Morgan fingerprint density at radius 3 is 1.53 bits per heavy atom. The van der Waals surface area contributed by atoms with E-state index in [1.54, 1.807) is 5.56 Å². The van der Waals surface area contributed by atoms with Crippen LogP contribution in [-0.2, 0) is 0 Å². The van der Waals surface area contributed by atoms with Gasteiger partial charge in [-0.05, 0) is 40.0 Å². The van der Waals surface area contributed by atoms with Crippen molar-refractivity contribution in [3.05, 3.63) is 40.8 Å². The monoisotopic (exact) mass is 474 g/mol. The molecule has 3 saturated heterocycles. The topological polar surface area (TPSA) is 0 Å². The molecule has 4 heterocycles. The van der Waals surface area contributed by atoms with Gasteiger partial charge in [-0.15, -0.1) is 0 Å². The Labute approximate surface area is 190 Å². The van der Waals surface area contributed by atoms with E-state index >= 15 is 0 Å². The van der Waals surface area contributed by atoms with E-state index in [1.807, 2.05) is 5.31 Å². The first-order valence-electron chi connectivity index (χ1n) is 11.7. The second-order valence-corrected chi connectivity index (χ2v) is 28.8. The standard InChI is InChI=1S/C26H41P3Si/c1-21(2,3)24-25(22(4,5)6)28-20(30(10,11)12)19(18-16-14-13-15-17-18)27(24)26(28,29(24)25)23(7,8)9/h13-17H,1-12H3. The van der Waals surface area contributed by atoms with Gasteiger partial charge in [-0.2, -0.15) is 0 Å². The molecule has 6 unspecified atom stereocenters. The fourth-order valence-corrected chi connectivity index (χ4v) is 40.0. The van der Waals surface area contributed by atoms with Crippen LogP contribution in [0.1, 0.15) is 67.9 Å². The van der Waals surface area contributed by atoms with E-state index < -0.39 is 8.07 Å². The lowest BCUT2D eigenvalue weighted by Crippen LogP contribution is -2.47. The average molecular weight is 475 g/mol. The molecule has 4 heteroatoms. The maximum absolute atomic E-state index is 2.66. The fraction of sp³-hybridized carbons (Fsp3) is 0.692. The second-order valence-electron chi connectivity index (χ2n) is 14.0. The second kappa shape index (κ2) is 5.57. The highest BCUT2D eigenvalue weighted by molar-refractivity contribution is 8.30. The quantitative estimate of drug-likeness (QED) is 0.295. The van der Waals surface area contributed by atoms with E-state index in [2.05, 4.69) is 117 Å². The minimum atomic E-state index is -1.43. The molecule has 5 rings (SSSR count). The van der Waals surface area contributed by atoms with E-state index in [4.69, 9.17) is 0 Å². The minimum absolute atomic E-state index is 0.0687. The first-order chi connectivity index (χ1) is 13.5. The summed E-state index contributed by atoms with van der Waals surface area (Å²) in [5.74, 6) is 0. The summed E-state index contributed by atoms with van der Waals surface area (Å²) in [6, 6.07) is 11.7. The van der Waals surface area contributed by atoms with Crippen LogP contribution in [0.5, 0.6) is 0 Å². The van der Waals surface area contributed by atoms with Gasteiger partial charge in [0.2, 0.25) is 0 Å². The van der Waals surface area contributed by atoms with Crippen molar-refractivity contribution in [3.63, 3.8) is 0 Å². The molecule has 4 aliphatic heterocycles. The van der Waals surface area contributed by atoms with Gasteiger partial charge in [-0.1, -0.05) is 128 Å². The Bertz CT molecular complexity index is 969. The summed E-state index contributed by atoms with van der Waals surface area (Å²) in [4.78, 5) is 3.32. The highest BCUT2D eigenvalue weighted by atomic mass is 31.3. The summed E-state index contributed by atoms with van der Waals surface area (Å²) in [7, 11) is -1.52. The molecule has 0 aliphatic carbocycles. The third kappa shape index (κ3) is 1.89. The van der Waals surface area contributed by atoms with Crippen molar-refractivity contribution in [3.8, 4) is 0 Å². The summed E-state index contributed by atoms with van der Waals surface area (Å²) in [5.41, 5.74) is 2.86. The van der Waals surface area contributed by atoms with Crippen molar-refractivity contribution in [1.82, 2.24) is 0 Å². The average Bonchev–Trinajstić information content (AvgIpc) is 2.84. The number of hydrogen-bond acceptors (Lipinski definition) is 0. The number of hydrogen-bond donors (Lipinski definition) is 0. The van der Waals surface area contributed by atoms with Crippen molar-refractivity contribution >= 4 is 37.2 Å². The molecule has 1 aromatic rings. The first kappa shape index (κ1) is 22.3. The Morgan fingerprint density at radius 2 is 1.13 bits per heavy atom.